The van der Waals surface area contributed by atoms with E-state index in [1.54, 1.807) is 48.5 Å². The highest BCUT2D eigenvalue weighted by Crippen LogP contribution is 2.56. The first-order chi connectivity index (χ1) is 15.5. The van der Waals surface area contributed by atoms with E-state index < -0.39 is 35.3 Å². The van der Waals surface area contributed by atoms with Crippen LogP contribution in [0.3, 0.4) is 0 Å². The second-order valence-corrected chi connectivity index (χ2v) is 8.80. The van der Waals surface area contributed by atoms with Gasteiger partial charge in [0.2, 0.25) is 5.91 Å². The Kier molecular flexibility index (Phi) is 4.05. The van der Waals surface area contributed by atoms with Gasteiger partial charge in [-0.2, -0.15) is 0 Å². The van der Waals surface area contributed by atoms with Gasteiger partial charge in [0.25, 0.3) is 11.8 Å². The molecular formula is C24H16BrN3O4. The average Bonchev–Trinajstić information content (AvgIpc) is 3.40. The van der Waals surface area contributed by atoms with Crippen LogP contribution in [-0.4, -0.2) is 23.8 Å². The van der Waals surface area contributed by atoms with Crippen LogP contribution in [0.4, 0.5) is 17.1 Å². The molecule has 8 heteroatoms. The number of carbonyl (C=O) groups excluding carboxylic acids is 3. The van der Waals surface area contributed by atoms with E-state index in [1.807, 2.05) is 30.3 Å². The number of benzene rings is 3. The third kappa shape index (κ3) is 2.36. The Labute approximate surface area is 191 Å². The highest BCUT2D eigenvalue weighted by atomic mass is 79.9. The van der Waals surface area contributed by atoms with E-state index in [0.29, 0.717) is 22.6 Å². The quantitative estimate of drug-likeness (QED) is 0.556. The second-order valence-electron chi connectivity index (χ2n) is 7.89. The van der Waals surface area contributed by atoms with Crippen molar-refractivity contribution in [2.24, 2.45) is 5.92 Å². The SMILES string of the molecule is O=C1[C@H]2ON(c3ccccc3)[C@@]3(C(=O)Nc4ccccc43)[C@H]2C(=O)N1c1ccc(Br)cc1. The molecule has 3 atom stereocenters. The molecule has 7 nitrogen and oxygen atoms in total. The topological polar surface area (TPSA) is 79.0 Å². The van der Waals surface area contributed by atoms with Crippen molar-refractivity contribution in [2.45, 2.75) is 11.6 Å². The number of anilines is 3. The van der Waals surface area contributed by atoms with E-state index in [2.05, 4.69) is 21.2 Å². The van der Waals surface area contributed by atoms with E-state index in [4.69, 9.17) is 4.84 Å². The molecule has 0 aliphatic carbocycles. The molecule has 0 aromatic heterocycles. The number of nitrogens with one attached hydrogen (secondary N) is 1. The van der Waals surface area contributed by atoms with E-state index in [9.17, 15) is 14.4 Å². The van der Waals surface area contributed by atoms with Crippen LogP contribution in [0.25, 0.3) is 0 Å². The number of para-hydroxylation sites is 2. The summed E-state index contributed by atoms with van der Waals surface area (Å²) in [6, 6.07) is 23.2. The van der Waals surface area contributed by atoms with Crippen molar-refractivity contribution in [1.29, 1.82) is 0 Å². The maximum Gasteiger partial charge on any atom is 0.266 e. The lowest BCUT2D eigenvalue weighted by Gasteiger charge is -2.35. The normalized spacial score (nSPS) is 26.0. The van der Waals surface area contributed by atoms with Gasteiger partial charge in [0.15, 0.2) is 11.6 Å². The van der Waals surface area contributed by atoms with Gasteiger partial charge in [-0.25, -0.2) is 9.96 Å². The molecule has 32 heavy (non-hydrogen) atoms. The maximum absolute atomic E-state index is 13.8. The summed E-state index contributed by atoms with van der Waals surface area (Å²) in [6.45, 7) is 0. The summed E-state index contributed by atoms with van der Waals surface area (Å²) >= 11 is 3.37. The largest absolute Gasteiger partial charge is 0.323 e. The highest BCUT2D eigenvalue weighted by Gasteiger charge is 2.73. The predicted octanol–water partition coefficient (Wildman–Crippen LogP) is 3.61. The van der Waals surface area contributed by atoms with Crippen molar-refractivity contribution < 1.29 is 19.2 Å². The van der Waals surface area contributed by atoms with Gasteiger partial charge in [-0.05, 0) is 42.5 Å². The van der Waals surface area contributed by atoms with Crippen LogP contribution in [0.1, 0.15) is 5.56 Å². The van der Waals surface area contributed by atoms with Crippen LogP contribution in [0, 0.1) is 5.92 Å². The molecule has 3 aliphatic rings. The molecule has 1 N–H and O–H groups in total. The van der Waals surface area contributed by atoms with E-state index in [-0.39, 0.29) is 0 Å². The Morgan fingerprint density at radius 3 is 2.25 bits per heavy atom. The number of nitrogens with zero attached hydrogens (tertiary/aromatic N) is 2. The van der Waals surface area contributed by atoms with Gasteiger partial charge < -0.3 is 5.32 Å². The minimum Gasteiger partial charge on any atom is -0.323 e. The van der Waals surface area contributed by atoms with Crippen molar-refractivity contribution in [3.05, 3.63) is 88.9 Å². The summed E-state index contributed by atoms with van der Waals surface area (Å²) in [6.07, 6.45) is -1.12. The lowest BCUT2D eigenvalue weighted by atomic mass is 9.77. The number of imide groups is 1. The summed E-state index contributed by atoms with van der Waals surface area (Å²) < 4.78 is 0.826. The van der Waals surface area contributed by atoms with Crippen LogP contribution < -0.4 is 15.3 Å². The summed E-state index contributed by atoms with van der Waals surface area (Å²) in [5.74, 6) is -2.39. The average molecular weight is 490 g/mol. The summed E-state index contributed by atoms with van der Waals surface area (Å²) in [5.41, 5.74) is 0.739. The van der Waals surface area contributed by atoms with Gasteiger partial charge in [-0.1, -0.05) is 52.3 Å². The molecule has 158 valence electrons. The fourth-order valence-corrected chi connectivity index (χ4v) is 5.19. The summed E-state index contributed by atoms with van der Waals surface area (Å²) in [7, 11) is 0. The zero-order valence-corrected chi connectivity index (χ0v) is 18.2. The highest BCUT2D eigenvalue weighted by molar-refractivity contribution is 9.10. The molecule has 3 amide bonds. The molecule has 1 spiro atoms. The number of rotatable bonds is 2. The molecule has 3 aromatic carbocycles. The molecule has 0 bridgehead atoms. The fourth-order valence-electron chi connectivity index (χ4n) is 4.92. The zero-order chi connectivity index (χ0) is 22.0. The first-order valence-corrected chi connectivity index (χ1v) is 10.9. The number of fused-ring (bicyclic) bond motifs is 4. The molecule has 2 fully saturated rings. The maximum atomic E-state index is 13.8. The Hall–Kier alpha value is -3.49. The molecule has 3 heterocycles. The van der Waals surface area contributed by atoms with Crippen LogP contribution >= 0.6 is 15.9 Å². The van der Waals surface area contributed by atoms with Crippen LogP contribution in [-0.2, 0) is 24.8 Å². The van der Waals surface area contributed by atoms with Gasteiger partial charge in [0.05, 0.1) is 11.4 Å². The van der Waals surface area contributed by atoms with Gasteiger partial charge >= 0.3 is 0 Å². The molecule has 3 aliphatic heterocycles. The monoisotopic (exact) mass is 489 g/mol. The van der Waals surface area contributed by atoms with Gasteiger partial charge in [-0.3, -0.25) is 19.2 Å². The van der Waals surface area contributed by atoms with Crippen LogP contribution in [0.15, 0.2) is 83.3 Å². The Bertz CT molecular complexity index is 1280. The van der Waals surface area contributed by atoms with Crippen molar-refractivity contribution >= 4 is 50.7 Å². The third-order valence-electron chi connectivity index (χ3n) is 6.25. The number of amides is 3. The Balaban J connectivity index is 1.55. The minimum absolute atomic E-state index is 0.395. The fraction of sp³-hybridized carbons (Fsp3) is 0.125. The lowest BCUT2D eigenvalue weighted by molar-refractivity contribution is -0.130. The smallest absolute Gasteiger partial charge is 0.266 e. The minimum atomic E-state index is -1.50. The summed E-state index contributed by atoms with van der Waals surface area (Å²) in [4.78, 5) is 48.1. The zero-order valence-electron chi connectivity index (χ0n) is 16.6. The number of hydrogen-bond donors (Lipinski definition) is 1. The Morgan fingerprint density at radius 1 is 0.812 bits per heavy atom. The molecule has 3 aromatic rings. The molecular weight excluding hydrogens is 474 g/mol. The standard InChI is InChI=1S/C24H16BrN3O4/c25-14-10-12-15(13-11-14)27-21(29)19-20(22(27)30)32-28(16-6-2-1-3-7-16)24(19)17-8-4-5-9-18(17)26-23(24)31/h1-13,19-20H,(H,26,31)/t19-,20+,24-/m1/s1. The third-order valence-corrected chi connectivity index (χ3v) is 6.78. The van der Waals surface area contributed by atoms with Crippen LogP contribution in [0.5, 0.6) is 0 Å². The van der Waals surface area contributed by atoms with Crippen molar-refractivity contribution in [3.63, 3.8) is 0 Å². The lowest BCUT2D eigenvalue weighted by Crippen LogP contribution is -2.53. The van der Waals surface area contributed by atoms with E-state index >= 15 is 0 Å². The van der Waals surface area contributed by atoms with Crippen molar-refractivity contribution in [3.8, 4) is 0 Å². The van der Waals surface area contributed by atoms with Gasteiger partial charge in [0.1, 0.15) is 5.92 Å². The second kappa shape index (κ2) is 6.75. The van der Waals surface area contributed by atoms with Gasteiger partial charge in [0, 0.05) is 15.7 Å². The Morgan fingerprint density at radius 2 is 1.50 bits per heavy atom. The van der Waals surface area contributed by atoms with E-state index in [0.717, 1.165) is 9.37 Å². The molecule has 6 rings (SSSR count). The number of hydrogen-bond acceptors (Lipinski definition) is 5. The van der Waals surface area contributed by atoms with Crippen LogP contribution in [0.2, 0.25) is 0 Å². The number of halogens is 1. The predicted molar refractivity (Wildman–Crippen MR) is 121 cm³/mol. The number of carbonyl (C=O) groups is 3. The van der Waals surface area contributed by atoms with Crippen molar-refractivity contribution in [2.75, 3.05) is 15.3 Å². The molecule has 0 unspecified atom stereocenters. The molecule has 0 saturated carbocycles. The van der Waals surface area contributed by atoms with E-state index in [1.165, 1.54) is 5.06 Å². The first kappa shape index (κ1) is 19.2. The van der Waals surface area contributed by atoms with Crippen molar-refractivity contribution in [1.82, 2.24) is 0 Å². The molecule has 0 radical (unpaired) electrons. The van der Waals surface area contributed by atoms with Gasteiger partial charge in [-0.15, -0.1) is 0 Å². The number of hydroxylamine groups is 1. The first-order valence-electron chi connectivity index (χ1n) is 10.1. The summed E-state index contributed by atoms with van der Waals surface area (Å²) in [5, 5.41) is 4.33. The molecule has 2 saturated heterocycles.